The first kappa shape index (κ1) is 22.4. The fraction of sp³-hybridized carbons (Fsp3) is 0.364. The Balaban J connectivity index is 1.39. The number of halogens is 2. The van der Waals surface area contributed by atoms with E-state index >= 15 is 0 Å². The van der Waals surface area contributed by atoms with E-state index in [2.05, 4.69) is 9.72 Å². The first-order chi connectivity index (χ1) is 15.8. The fourth-order valence-corrected chi connectivity index (χ4v) is 4.16. The summed E-state index contributed by atoms with van der Waals surface area (Å²) in [5, 5.41) is 0. The topological polar surface area (TPSA) is 115 Å². The third-order valence-corrected chi connectivity index (χ3v) is 5.68. The number of benzene rings is 1. The molecule has 0 spiro atoms. The van der Waals surface area contributed by atoms with Crippen molar-refractivity contribution in [2.24, 2.45) is 5.73 Å². The zero-order valence-corrected chi connectivity index (χ0v) is 17.5. The number of primary amides is 1. The number of hydrogen-bond acceptors (Lipinski definition) is 6. The molecule has 1 saturated heterocycles. The summed E-state index contributed by atoms with van der Waals surface area (Å²) >= 11 is 0. The quantitative estimate of drug-likeness (QED) is 0.636. The molecule has 2 aliphatic rings. The van der Waals surface area contributed by atoms with Crippen LogP contribution in [-0.2, 0) is 4.79 Å². The van der Waals surface area contributed by atoms with Crippen molar-refractivity contribution in [2.75, 3.05) is 11.4 Å². The molecule has 4 amide bonds. The van der Waals surface area contributed by atoms with Gasteiger partial charge in [0, 0.05) is 24.0 Å². The second-order valence-electron chi connectivity index (χ2n) is 7.78. The number of nitrogens with zero attached hydrogens (tertiary/aromatic N) is 3. The fourth-order valence-electron chi connectivity index (χ4n) is 4.16. The number of amides is 4. The number of urea groups is 1. The van der Waals surface area contributed by atoms with Crippen molar-refractivity contribution in [2.45, 2.75) is 44.4 Å². The number of hydrogen-bond donors (Lipinski definition) is 1. The van der Waals surface area contributed by atoms with Gasteiger partial charge in [-0.1, -0.05) is 6.07 Å². The predicted molar refractivity (Wildman–Crippen MR) is 112 cm³/mol. The van der Waals surface area contributed by atoms with Crippen LogP contribution in [0, 0.1) is 0 Å². The van der Waals surface area contributed by atoms with Gasteiger partial charge in [0.25, 0.3) is 11.8 Å². The lowest BCUT2D eigenvalue weighted by Crippen LogP contribution is -2.44. The molecular formula is C22H22F2N4O5. The van der Waals surface area contributed by atoms with Crippen molar-refractivity contribution in [3.05, 3.63) is 48.2 Å². The standard InChI is InChI=1S/C22H22F2N4O5/c23-21(24)33-16-4-1-3-14(11-16)27-12-18(29)28(22(27)31)13-6-8-15(9-7-13)32-20-17(19(25)30)5-2-10-26-20/h1-5,10-11,13,15,21H,6-9,12H2,(H2,25,30)/t13-,15-. The molecule has 2 heterocycles. The molecule has 1 saturated carbocycles. The predicted octanol–water partition coefficient (Wildman–Crippen LogP) is 2.94. The summed E-state index contributed by atoms with van der Waals surface area (Å²) in [4.78, 5) is 43.7. The van der Waals surface area contributed by atoms with Crippen LogP contribution in [0.2, 0.25) is 0 Å². The minimum absolute atomic E-state index is 0.0938. The van der Waals surface area contributed by atoms with Crippen molar-refractivity contribution >= 4 is 23.5 Å². The average Bonchev–Trinajstić information content (AvgIpc) is 3.08. The van der Waals surface area contributed by atoms with Gasteiger partial charge in [0.15, 0.2) is 0 Å². The van der Waals surface area contributed by atoms with Crippen LogP contribution in [0.3, 0.4) is 0 Å². The Labute approximate surface area is 188 Å². The average molecular weight is 460 g/mol. The molecule has 33 heavy (non-hydrogen) atoms. The molecule has 0 unspecified atom stereocenters. The van der Waals surface area contributed by atoms with Gasteiger partial charge in [-0.2, -0.15) is 8.78 Å². The van der Waals surface area contributed by atoms with Crippen molar-refractivity contribution in [3.8, 4) is 11.6 Å². The molecule has 174 valence electrons. The highest BCUT2D eigenvalue weighted by atomic mass is 19.3. The van der Waals surface area contributed by atoms with E-state index < -0.39 is 18.5 Å². The van der Waals surface area contributed by atoms with Gasteiger partial charge in [-0.05, 0) is 49.9 Å². The zero-order valence-electron chi connectivity index (χ0n) is 17.5. The summed E-state index contributed by atoms with van der Waals surface area (Å²) in [6.07, 6.45) is 3.40. The Morgan fingerprint density at radius 3 is 2.58 bits per heavy atom. The molecule has 9 nitrogen and oxygen atoms in total. The molecule has 2 fully saturated rings. The smallest absolute Gasteiger partial charge is 0.387 e. The normalized spacial score (nSPS) is 20.9. The molecule has 0 atom stereocenters. The first-order valence-electron chi connectivity index (χ1n) is 10.4. The van der Waals surface area contributed by atoms with E-state index in [1.54, 1.807) is 12.1 Å². The summed E-state index contributed by atoms with van der Waals surface area (Å²) in [5.74, 6) is -0.920. The summed E-state index contributed by atoms with van der Waals surface area (Å²) in [7, 11) is 0. The Hall–Kier alpha value is -3.76. The lowest BCUT2D eigenvalue weighted by atomic mass is 9.92. The second kappa shape index (κ2) is 9.39. The van der Waals surface area contributed by atoms with E-state index in [0.29, 0.717) is 31.4 Å². The van der Waals surface area contributed by atoms with Gasteiger partial charge in [-0.25, -0.2) is 9.78 Å². The van der Waals surface area contributed by atoms with E-state index in [4.69, 9.17) is 10.5 Å². The van der Waals surface area contributed by atoms with Crippen LogP contribution in [0.5, 0.6) is 11.6 Å². The molecule has 1 aliphatic carbocycles. The highest BCUT2D eigenvalue weighted by Gasteiger charge is 2.42. The van der Waals surface area contributed by atoms with Crippen LogP contribution in [-0.4, -0.2) is 53.0 Å². The van der Waals surface area contributed by atoms with Gasteiger partial charge >= 0.3 is 12.6 Å². The number of aromatic nitrogens is 1. The Kier molecular flexibility index (Phi) is 6.38. The largest absolute Gasteiger partial charge is 0.474 e. The molecule has 0 bridgehead atoms. The van der Waals surface area contributed by atoms with Crippen LogP contribution in [0.25, 0.3) is 0 Å². The molecule has 2 N–H and O–H groups in total. The number of pyridine rings is 1. The van der Waals surface area contributed by atoms with E-state index in [1.165, 1.54) is 40.3 Å². The van der Waals surface area contributed by atoms with Gasteiger partial charge < -0.3 is 15.2 Å². The number of carbonyl (C=O) groups excluding carboxylic acids is 3. The Bertz CT molecular complexity index is 1060. The number of anilines is 1. The molecule has 1 aromatic heterocycles. The Morgan fingerprint density at radius 1 is 1.12 bits per heavy atom. The lowest BCUT2D eigenvalue weighted by molar-refractivity contribution is -0.127. The minimum Gasteiger partial charge on any atom is -0.474 e. The van der Waals surface area contributed by atoms with Crippen molar-refractivity contribution < 1.29 is 32.6 Å². The summed E-state index contributed by atoms with van der Waals surface area (Å²) in [5.41, 5.74) is 5.86. The summed E-state index contributed by atoms with van der Waals surface area (Å²) < 4.78 is 35.3. The van der Waals surface area contributed by atoms with Crippen molar-refractivity contribution in [1.29, 1.82) is 0 Å². The third kappa shape index (κ3) is 4.86. The number of ether oxygens (including phenoxy) is 2. The van der Waals surface area contributed by atoms with E-state index in [-0.39, 0.29) is 41.8 Å². The van der Waals surface area contributed by atoms with E-state index in [0.717, 1.165) is 0 Å². The summed E-state index contributed by atoms with van der Waals surface area (Å²) in [6, 6.07) is 8.00. The lowest BCUT2D eigenvalue weighted by Gasteiger charge is -2.33. The van der Waals surface area contributed by atoms with E-state index in [9.17, 15) is 23.2 Å². The summed E-state index contributed by atoms with van der Waals surface area (Å²) in [6.45, 7) is -3.17. The number of imide groups is 1. The highest BCUT2D eigenvalue weighted by Crippen LogP contribution is 2.32. The van der Waals surface area contributed by atoms with Crippen LogP contribution in [0.1, 0.15) is 36.0 Å². The maximum absolute atomic E-state index is 13.0. The van der Waals surface area contributed by atoms with Crippen molar-refractivity contribution in [1.82, 2.24) is 9.88 Å². The van der Waals surface area contributed by atoms with Gasteiger partial charge in [-0.15, -0.1) is 0 Å². The van der Waals surface area contributed by atoms with Gasteiger partial charge in [-0.3, -0.25) is 19.4 Å². The van der Waals surface area contributed by atoms with Gasteiger partial charge in [0.1, 0.15) is 24.0 Å². The number of nitrogens with two attached hydrogens (primary N) is 1. The molecule has 2 aromatic rings. The Morgan fingerprint density at radius 2 is 1.88 bits per heavy atom. The number of carbonyl (C=O) groups is 3. The minimum atomic E-state index is -2.99. The molecular weight excluding hydrogens is 438 g/mol. The molecule has 11 heteroatoms. The number of rotatable bonds is 7. The SMILES string of the molecule is NC(=O)c1cccnc1O[C@H]1CC[C@H](N2C(=O)CN(c3cccc(OC(F)F)c3)C2=O)CC1. The van der Waals surface area contributed by atoms with Crippen LogP contribution >= 0.6 is 0 Å². The number of alkyl halides is 2. The maximum atomic E-state index is 13.0. The van der Waals surface area contributed by atoms with Crippen LogP contribution in [0.4, 0.5) is 19.3 Å². The molecule has 1 aromatic carbocycles. The highest BCUT2D eigenvalue weighted by molar-refractivity contribution is 6.12. The van der Waals surface area contributed by atoms with E-state index in [1.807, 2.05) is 0 Å². The van der Waals surface area contributed by atoms with Gasteiger partial charge in [0.2, 0.25) is 5.88 Å². The second-order valence-corrected chi connectivity index (χ2v) is 7.78. The van der Waals surface area contributed by atoms with Crippen LogP contribution in [0.15, 0.2) is 42.6 Å². The van der Waals surface area contributed by atoms with Crippen molar-refractivity contribution in [3.63, 3.8) is 0 Å². The maximum Gasteiger partial charge on any atom is 0.387 e. The first-order valence-corrected chi connectivity index (χ1v) is 10.4. The molecule has 4 rings (SSSR count). The molecule has 1 aliphatic heterocycles. The molecule has 0 radical (unpaired) electrons. The zero-order chi connectivity index (χ0) is 23.5. The third-order valence-electron chi connectivity index (χ3n) is 5.68. The van der Waals surface area contributed by atoms with Crippen LogP contribution < -0.4 is 20.1 Å². The monoisotopic (exact) mass is 460 g/mol. The van der Waals surface area contributed by atoms with Gasteiger partial charge in [0.05, 0.1) is 0 Å².